The van der Waals surface area contributed by atoms with E-state index in [4.69, 9.17) is 9.72 Å². The van der Waals surface area contributed by atoms with Crippen molar-refractivity contribution < 1.29 is 9.53 Å². The second-order valence-corrected chi connectivity index (χ2v) is 7.08. The van der Waals surface area contributed by atoms with Gasteiger partial charge in [0.05, 0.1) is 0 Å². The molecule has 0 saturated carbocycles. The Morgan fingerprint density at radius 3 is 2.55 bits per heavy atom. The molecule has 0 radical (unpaired) electrons. The van der Waals surface area contributed by atoms with Gasteiger partial charge in [-0.05, 0) is 30.7 Å². The van der Waals surface area contributed by atoms with E-state index in [1.165, 1.54) is 0 Å². The van der Waals surface area contributed by atoms with Crippen molar-refractivity contribution in [2.45, 2.75) is 6.92 Å². The van der Waals surface area contributed by atoms with Crippen molar-refractivity contribution in [1.82, 2.24) is 14.9 Å². The molecule has 148 valence electrons. The number of hydrogen-bond donors (Lipinski definition) is 0. The van der Waals surface area contributed by atoms with Crippen molar-refractivity contribution in [3.05, 3.63) is 72.4 Å². The Labute approximate surface area is 170 Å². The molecular weight excluding hydrogens is 364 g/mol. The molecule has 0 aliphatic carbocycles. The third kappa shape index (κ3) is 4.71. The van der Waals surface area contributed by atoms with E-state index in [-0.39, 0.29) is 12.5 Å². The Hall–Kier alpha value is -3.41. The first-order valence-corrected chi connectivity index (χ1v) is 9.80. The predicted molar refractivity (Wildman–Crippen MR) is 113 cm³/mol. The Bertz CT molecular complexity index is 969. The molecule has 6 nitrogen and oxygen atoms in total. The average molecular weight is 388 g/mol. The molecule has 0 N–H and O–H groups in total. The summed E-state index contributed by atoms with van der Waals surface area (Å²) in [6.45, 7) is 4.85. The van der Waals surface area contributed by atoms with Gasteiger partial charge in [-0.3, -0.25) is 4.79 Å². The van der Waals surface area contributed by atoms with Crippen LogP contribution in [0.25, 0.3) is 11.4 Å². The second kappa shape index (κ2) is 8.73. The number of nitrogens with zero attached hydrogens (tertiary/aromatic N) is 4. The highest BCUT2D eigenvalue weighted by Crippen LogP contribution is 2.19. The third-order valence-electron chi connectivity index (χ3n) is 4.98. The highest BCUT2D eigenvalue weighted by atomic mass is 16.5. The van der Waals surface area contributed by atoms with Crippen LogP contribution >= 0.6 is 0 Å². The van der Waals surface area contributed by atoms with Gasteiger partial charge >= 0.3 is 0 Å². The van der Waals surface area contributed by atoms with Gasteiger partial charge in [-0.15, -0.1) is 0 Å². The predicted octanol–water partition coefficient (Wildman–Crippen LogP) is 3.18. The smallest absolute Gasteiger partial charge is 0.260 e. The standard InChI is InChI=1S/C23H24N4O2/c1-18-6-5-9-20(16-18)29-17-22(28)27-14-12-26(13-15-27)21-10-11-24-23(25-21)19-7-3-2-4-8-19/h2-11,16H,12-15,17H2,1H3. The van der Waals surface area contributed by atoms with E-state index in [0.717, 1.165) is 35.8 Å². The maximum atomic E-state index is 12.5. The summed E-state index contributed by atoms with van der Waals surface area (Å²) in [5.41, 5.74) is 2.11. The molecule has 6 heteroatoms. The lowest BCUT2D eigenvalue weighted by Crippen LogP contribution is -2.50. The number of piperazine rings is 1. The van der Waals surface area contributed by atoms with Crippen LogP contribution in [0.15, 0.2) is 66.9 Å². The summed E-state index contributed by atoms with van der Waals surface area (Å²) in [5.74, 6) is 2.35. The van der Waals surface area contributed by atoms with Gasteiger partial charge < -0.3 is 14.5 Å². The molecule has 3 aromatic rings. The van der Waals surface area contributed by atoms with E-state index in [2.05, 4.69) is 9.88 Å². The number of benzene rings is 2. The molecule has 1 aliphatic heterocycles. The molecule has 0 atom stereocenters. The van der Waals surface area contributed by atoms with Crippen LogP contribution in [0.3, 0.4) is 0 Å². The monoisotopic (exact) mass is 388 g/mol. The van der Waals surface area contributed by atoms with E-state index < -0.39 is 0 Å². The fourth-order valence-corrected chi connectivity index (χ4v) is 3.38. The quantitative estimate of drug-likeness (QED) is 0.672. The molecular formula is C23H24N4O2. The minimum absolute atomic E-state index is 0.0128. The molecule has 1 amide bonds. The summed E-state index contributed by atoms with van der Waals surface area (Å²) < 4.78 is 5.65. The lowest BCUT2D eigenvalue weighted by atomic mass is 10.2. The first kappa shape index (κ1) is 18.9. The van der Waals surface area contributed by atoms with Crippen LogP contribution in [0.1, 0.15) is 5.56 Å². The van der Waals surface area contributed by atoms with Crippen molar-refractivity contribution in [3.8, 4) is 17.1 Å². The van der Waals surface area contributed by atoms with Crippen molar-refractivity contribution in [2.24, 2.45) is 0 Å². The van der Waals surface area contributed by atoms with Crippen molar-refractivity contribution >= 4 is 11.7 Å². The average Bonchev–Trinajstić information content (AvgIpc) is 2.78. The van der Waals surface area contributed by atoms with Crippen molar-refractivity contribution in [2.75, 3.05) is 37.7 Å². The largest absolute Gasteiger partial charge is 0.484 e. The zero-order valence-electron chi connectivity index (χ0n) is 16.5. The van der Waals surface area contributed by atoms with Crippen LogP contribution in [-0.2, 0) is 4.79 Å². The van der Waals surface area contributed by atoms with E-state index in [1.54, 1.807) is 6.20 Å². The van der Waals surface area contributed by atoms with Crippen molar-refractivity contribution in [1.29, 1.82) is 0 Å². The second-order valence-electron chi connectivity index (χ2n) is 7.08. The van der Waals surface area contributed by atoms with E-state index >= 15 is 0 Å². The Kier molecular flexibility index (Phi) is 5.70. The number of ether oxygens (including phenoxy) is 1. The van der Waals surface area contributed by atoms with Crippen molar-refractivity contribution in [3.63, 3.8) is 0 Å². The third-order valence-corrected chi connectivity index (χ3v) is 4.98. The molecule has 0 unspecified atom stereocenters. The Morgan fingerprint density at radius 2 is 1.79 bits per heavy atom. The highest BCUT2D eigenvalue weighted by molar-refractivity contribution is 5.78. The van der Waals surface area contributed by atoms with Gasteiger partial charge in [0, 0.05) is 37.9 Å². The minimum Gasteiger partial charge on any atom is -0.484 e. The summed E-state index contributed by atoms with van der Waals surface area (Å²) >= 11 is 0. The molecule has 1 aliphatic rings. The summed E-state index contributed by atoms with van der Waals surface area (Å²) in [4.78, 5) is 25.6. The van der Waals surface area contributed by atoms with Gasteiger partial charge in [0.15, 0.2) is 12.4 Å². The maximum absolute atomic E-state index is 12.5. The lowest BCUT2D eigenvalue weighted by Gasteiger charge is -2.35. The molecule has 1 aromatic heterocycles. The number of rotatable bonds is 5. The first-order valence-electron chi connectivity index (χ1n) is 9.80. The Morgan fingerprint density at radius 1 is 1.00 bits per heavy atom. The van der Waals surface area contributed by atoms with E-state index in [0.29, 0.717) is 18.9 Å². The number of carbonyl (C=O) groups excluding carboxylic acids is 1. The van der Waals surface area contributed by atoms with Gasteiger partial charge in [-0.25, -0.2) is 9.97 Å². The fraction of sp³-hybridized carbons (Fsp3) is 0.261. The minimum atomic E-state index is 0.0128. The fourth-order valence-electron chi connectivity index (χ4n) is 3.38. The lowest BCUT2D eigenvalue weighted by molar-refractivity contribution is -0.133. The van der Waals surface area contributed by atoms with Gasteiger partial charge in [0.1, 0.15) is 11.6 Å². The SMILES string of the molecule is Cc1cccc(OCC(=O)N2CCN(c3ccnc(-c4ccccc4)n3)CC2)c1. The molecule has 1 saturated heterocycles. The summed E-state index contributed by atoms with van der Waals surface area (Å²) in [7, 11) is 0. The molecule has 4 rings (SSSR count). The zero-order chi connectivity index (χ0) is 20.1. The van der Waals surface area contributed by atoms with Crippen LogP contribution < -0.4 is 9.64 Å². The van der Waals surface area contributed by atoms with Gasteiger partial charge in [-0.2, -0.15) is 0 Å². The van der Waals surface area contributed by atoms with Crippen LogP contribution in [0.5, 0.6) is 5.75 Å². The molecule has 1 fully saturated rings. The number of amides is 1. The molecule has 2 aromatic carbocycles. The number of aromatic nitrogens is 2. The number of anilines is 1. The summed E-state index contributed by atoms with van der Waals surface area (Å²) in [5, 5.41) is 0. The van der Waals surface area contributed by atoms with Crippen LogP contribution in [0.2, 0.25) is 0 Å². The highest BCUT2D eigenvalue weighted by Gasteiger charge is 2.22. The molecule has 29 heavy (non-hydrogen) atoms. The summed E-state index contributed by atoms with van der Waals surface area (Å²) in [6, 6.07) is 19.6. The number of hydrogen-bond acceptors (Lipinski definition) is 5. The van der Waals surface area contributed by atoms with Crippen LogP contribution in [0, 0.1) is 6.92 Å². The van der Waals surface area contributed by atoms with Gasteiger partial charge in [0.25, 0.3) is 5.91 Å². The first-order chi connectivity index (χ1) is 14.2. The van der Waals surface area contributed by atoms with Crippen LogP contribution in [-0.4, -0.2) is 53.6 Å². The maximum Gasteiger partial charge on any atom is 0.260 e. The molecule has 0 spiro atoms. The number of aryl methyl sites for hydroxylation is 1. The normalized spacial score (nSPS) is 14.0. The van der Waals surface area contributed by atoms with Gasteiger partial charge in [0.2, 0.25) is 0 Å². The van der Waals surface area contributed by atoms with E-state index in [1.807, 2.05) is 72.5 Å². The summed E-state index contributed by atoms with van der Waals surface area (Å²) in [6.07, 6.45) is 1.79. The van der Waals surface area contributed by atoms with Crippen LogP contribution in [0.4, 0.5) is 5.82 Å². The zero-order valence-corrected chi connectivity index (χ0v) is 16.5. The van der Waals surface area contributed by atoms with Gasteiger partial charge in [-0.1, -0.05) is 42.5 Å². The molecule has 2 heterocycles. The topological polar surface area (TPSA) is 58.6 Å². The van der Waals surface area contributed by atoms with E-state index in [9.17, 15) is 4.79 Å². The Balaban J connectivity index is 1.33. The number of carbonyl (C=O) groups is 1. The molecule has 0 bridgehead atoms.